The van der Waals surface area contributed by atoms with Gasteiger partial charge in [0.15, 0.2) is 0 Å². The molecular weight excluding hydrogens is 164 g/mol. The fraction of sp³-hybridized carbons (Fsp3) is 0.778. The van der Waals surface area contributed by atoms with E-state index in [2.05, 4.69) is 20.1 Å². The van der Waals surface area contributed by atoms with Crippen LogP contribution in [0.15, 0.2) is 6.33 Å². The Morgan fingerprint density at radius 3 is 3.00 bits per heavy atom. The smallest absolute Gasteiger partial charge is 0.150 e. The van der Waals surface area contributed by atoms with Gasteiger partial charge in [0.25, 0.3) is 0 Å². The van der Waals surface area contributed by atoms with Crippen LogP contribution in [0.5, 0.6) is 0 Å². The molecule has 4 heteroatoms. The van der Waals surface area contributed by atoms with Gasteiger partial charge in [0.1, 0.15) is 12.2 Å². The van der Waals surface area contributed by atoms with Crippen LogP contribution < -0.4 is 5.32 Å². The van der Waals surface area contributed by atoms with E-state index in [1.165, 1.54) is 25.7 Å². The van der Waals surface area contributed by atoms with E-state index in [0.29, 0.717) is 12.1 Å². The summed E-state index contributed by atoms with van der Waals surface area (Å²) in [5.41, 5.74) is 0. The molecule has 70 valence electrons. The SMILES string of the molecule is c1nnc([C@H]2CCCN2)n1C1CC1. The molecular formula is C9H14N4. The van der Waals surface area contributed by atoms with Crippen molar-refractivity contribution in [3.8, 4) is 0 Å². The van der Waals surface area contributed by atoms with Crippen molar-refractivity contribution in [2.45, 2.75) is 37.8 Å². The summed E-state index contributed by atoms with van der Waals surface area (Å²) in [6.45, 7) is 1.13. The van der Waals surface area contributed by atoms with Gasteiger partial charge < -0.3 is 9.88 Å². The molecule has 1 aromatic heterocycles. The second-order valence-electron chi connectivity index (χ2n) is 3.98. The van der Waals surface area contributed by atoms with E-state index in [0.717, 1.165) is 12.4 Å². The summed E-state index contributed by atoms with van der Waals surface area (Å²) in [6.07, 6.45) is 6.97. The lowest BCUT2D eigenvalue weighted by molar-refractivity contribution is 0.552. The molecule has 3 rings (SSSR count). The monoisotopic (exact) mass is 178 g/mol. The van der Waals surface area contributed by atoms with Crippen LogP contribution in [0.4, 0.5) is 0 Å². The average Bonchev–Trinajstić information content (AvgIpc) is 2.72. The molecule has 0 aromatic carbocycles. The highest BCUT2D eigenvalue weighted by Gasteiger charge is 2.29. The average molecular weight is 178 g/mol. The van der Waals surface area contributed by atoms with E-state index in [1.54, 1.807) is 0 Å². The maximum Gasteiger partial charge on any atom is 0.150 e. The summed E-state index contributed by atoms with van der Waals surface area (Å²) in [5.74, 6) is 1.15. The number of hydrogen-bond acceptors (Lipinski definition) is 3. The van der Waals surface area contributed by atoms with Crippen LogP contribution >= 0.6 is 0 Å². The van der Waals surface area contributed by atoms with E-state index >= 15 is 0 Å². The molecule has 0 radical (unpaired) electrons. The maximum atomic E-state index is 4.21. The molecule has 1 aromatic rings. The molecule has 1 saturated carbocycles. The number of nitrogens with zero attached hydrogens (tertiary/aromatic N) is 3. The van der Waals surface area contributed by atoms with Gasteiger partial charge >= 0.3 is 0 Å². The quantitative estimate of drug-likeness (QED) is 0.735. The second-order valence-corrected chi connectivity index (χ2v) is 3.98. The van der Waals surface area contributed by atoms with Gasteiger partial charge in [-0.25, -0.2) is 0 Å². The van der Waals surface area contributed by atoms with Crippen molar-refractivity contribution < 1.29 is 0 Å². The van der Waals surface area contributed by atoms with Gasteiger partial charge in [-0.15, -0.1) is 10.2 Å². The molecule has 2 aliphatic rings. The van der Waals surface area contributed by atoms with Gasteiger partial charge in [-0.1, -0.05) is 0 Å². The molecule has 1 atom stereocenters. The summed E-state index contributed by atoms with van der Waals surface area (Å²) in [6, 6.07) is 1.16. The normalized spacial score (nSPS) is 28.2. The third-order valence-corrected chi connectivity index (χ3v) is 2.91. The van der Waals surface area contributed by atoms with Gasteiger partial charge in [0, 0.05) is 6.04 Å². The largest absolute Gasteiger partial charge is 0.313 e. The molecule has 13 heavy (non-hydrogen) atoms. The molecule has 1 N–H and O–H groups in total. The first kappa shape index (κ1) is 7.50. The summed E-state index contributed by atoms with van der Waals surface area (Å²) < 4.78 is 2.25. The molecule has 0 spiro atoms. The maximum absolute atomic E-state index is 4.21. The summed E-state index contributed by atoms with van der Waals surface area (Å²) in [7, 11) is 0. The fourth-order valence-electron chi connectivity index (χ4n) is 2.04. The van der Waals surface area contributed by atoms with E-state index in [9.17, 15) is 0 Å². The predicted octanol–water partition coefficient (Wildman–Crippen LogP) is 1.04. The Bertz CT molecular complexity index is 296. The molecule has 1 aliphatic heterocycles. The first-order valence-corrected chi connectivity index (χ1v) is 5.08. The Labute approximate surface area is 77.4 Å². The third-order valence-electron chi connectivity index (χ3n) is 2.91. The van der Waals surface area contributed by atoms with Crippen molar-refractivity contribution in [3.63, 3.8) is 0 Å². The lowest BCUT2D eigenvalue weighted by atomic mass is 10.2. The van der Waals surface area contributed by atoms with Gasteiger partial charge in [-0.2, -0.15) is 0 Å². The van der Waals surface area contributed by atoms with E-state index in [-0.39, 0.29) is 0 Å². The molecule has 0 unspecified atom stereocenters. The minimum Gasteiger partial charge on any atom is -0.313 e. The summed E-state index contributed by atoms with van der Waals surface area (Å²) >= 11 is 0. The zero-order valence-corrected chi connectivity index (χ0v) is 7.61. The van der Waals surface area contributed by atoms with Crippen molar-refractivity contribution in [1.29, 1.82) is 0 Å². The molecule has 0 bridgehead atoms. The number of aromatic nitrogens is 3. The molecule has 4 nitrogen and oxygen atoms in total. The van der Waals surface area contributed by atoms with Crippen molar-refractivity contribution in [2.75, 3.05) is 6.54 Å². The van der Waals surface area contributed by atoms with Gasteiger partial charge in [0.05, 0.1) is 6.04 Å². The standard InChI is InChI=1S/C9H14N4/c1-2-8(10-5-1)9-12-11-6-13(9)7-3-4-7/h6-8,10H,1-5H2/t8-/m1/s1. The molecule has 2 fully saturated rings. The second kappa shape index (κ2) is 2.80. The van der Waals surface area contributed by atoms with Gasteiger partial charge in [-0.3, -0.25) is 0 Å². The Kier molecular flexibility index (Phi) is 1.62. The van der Waals surface area contributed by atoms with Crippen LogP contribution in [0.3, 0.4) is 0 Å². The van der Waals surface area contributed by atoms with Crippen LogP contribution in [0, 0.1) is 0 Å². The Balaban J connectivity index is 1.88. The zero-order chi connectivity index (χ0) is 8.67. The van der Waals surface area contributed by atoms with Crippen LogP contribution in [-0.2, 0) is 0 Å². The lowest BCUT2D eigenvalue weighted by Crippen LogP contribution is -2.17. The highest BCUT2D eigenvalue weighted by Crippen LogP contribution is 2.37. The van der Waals surface area contributed by atoms with E-state index in [4.69, 9.17) is 0 Å². The molecule has 1 saturated heterocycles. The Morgan fingerprint density at radius 1 is 1.38 bits per heavy atom. The van der Waals surface area contributed by atoms with Crippen LogP contribution in [-0.4, -0.2) is 21.3 Å². The molecule has 2 heterocycles. The fourth-order valence-corrected chi connectivity index (χ4v) is 2.04. The topological polar surface area (TPSA) is 42.7 Å². The van der Waals surface area contributed by atoms with Crippen LogP contribution in [0.25, 0.3) is 0 Å². The van der Waals surface area contributed by atoms with Crippen molar-refractivity contribution in [3.05, 3.63) is 12.2 Å². The number of nitrogens with one attached hydrogen (secondary N) is 1. The minimum absolute atomic E-state index is 0.461. The summed E-state index contributed by atoms with van der Waals surface area (Å²) in [4.78, 5) is 0. The van der Waals surface area contributed by atoms with Gasteiger partial charge in [-0.05, 0) is 32.2 Å². The third kappa shape index (κ3) is 1.25. The van der Waals surface area contributed by atoms with E-state index < -0.39 is 0 Å². The first-order valence-electron chi connectivity index (χ1n) is 5.08. The first-order chi connectivity index (χ1) is 6.45. The van der Waals surface area contributed by atoms with Crippen LogP contribution in [0.2, 0.25) is 0 Å². The minimum atomic E-state index is 0.461. The highest BCUT2D eigenvalue weighted by molar-refractivity contribution is 5.02. The van der Waals surface area contributed by atoms with Crippen molar-refractivity contribution >= 4 is 0 Å². The number of rotatable bonds is 2. The van der Waals surface area contributed by atoms with E-state index in [1.807, 2.05) is 6.33 Å². The lowest BCUT2D eigenvalue weighted by Gasteiger charge is -2.10. The summed E-state index contributed by atoms with van der Waals surface area (Å²) in [5, 5.41) is 11.7. The number of hydrogen-bond donors (Lipinski definition) is 1. The predicted molar refractivity (Wildman–Crippen MR) is 48.3 cm³/mol. The Morgan fingerprint density at radius 2 is 2.31 bits per heavy atom. The van der Waals surface area contributed by atoms with Crippen LogP contribution in [0.1, 0.15) is 43.6 Å². The highest BCUT2D eigenvalue weighted by atomic mass is 15.3. The van der Waals surface area contributed by atoms with Crippen molar-refractivity contribution in [2.24, 2.45) is 0 Å². The molecule has 1 aliphatic carbocycles. The van der Waals surface area contributed by atoms with Gasteiger partial charge in [0.2, 0.25) is 0 Å². The molecule has 0 amide bonds. The van der Waals surface area contributed by atoms with Crippen molar-refractivity contribution in [1.82, 2.24) is 20.1 Å². The zero-order valence-electron chi connectivity index (χ0n) is 7.61. The Hall–Kier alpha value is -0.900.